The van der Waals surface area contributed by atoms with Crippen molar-refractivity contribution in [3.8, 4) is 0 Å². The Morgan fingerprint density at radius 2 is 1.65 bits per heavy atom. The maximum Gasteiger partial charge on any atom is 0.251 e. The first-order valence-electron chi connectivity index (χ1n) is 10.1. The average Bonchev–Trinajstić information content (AvgIpc) is 3.13. The van der Waals surface area contributed by atoms with Crippen molar-refractivity contribution in [3.05, 3.63) is 77.1 Å². The van der Waals surface area contributed by atoms with Gasteiger partial charge in [0.1, 0.15) is 0 Å². The third-order valence-corrected chi connectivity index (χ3v) is 5.95. The standard InChI is InChI=1S/C23H27N5O2S/c1-15-10-12-19(13-11-15)22(30)25-17(3)21-26-27-23(28(21)4)31-14-20(29)24-16(2)18-8-6-5-7-9-18/h5-13,16-17H,14H2,1-4H3,(H,24,29)(H,25,30)/t16-,17-/m0/s1. The number of thioether (sulfide) groups is 1. The van der Waals surface area contributed by atoms with E-state index < -0.39 is 0 Å². The SMILES string of the molecule is Cc1ccc(C(=O)N[C@@H](C)c2nnc(SCC(=O)N[C@@H](C)c3ccccc3)n2C)cc1. The summed E-state index contributed by atoms with van der Waals surface area (Å²) in [6, 6.07) is 16.8. The number of amides is 2. The highest BCUT2D eigenvalue weighted by Crippen LogP contribution is 2.20. The van der Waals surface area contributed by atoms with E-state index in [0.29, 0.717) is 16.5 Å². The molecule has 2 amide bonds. The molecule has 0 saturated carbocycles. The van der Waals surface area contributed by atoms with Gasteiger partial charge in [-0.15, -0.1) is 10.2 Å². The first-order chi connectivity index (χ1) is 14.8. The molecule has 0 saturated heterocycles. The predicted molar refractivity (Wildman–Crippen MR) is 122 cm³/mol. The van der Waals surface area contributed by atoms with Crippen molar-refractivity contribution >= 4 is 23.6 Å². The molecule has 7 nitrogen and oxygen atoms in total. The first kappa shape index (κ1) is 22.6. The topological polar surface area (TPSA) is 88.9 Å². The summed E-state index contributed by atoms with van der Waals surface area (Å²) in [6.45, 7) is 5.79. The van der Waals surface area contributed by atoms with Crippen LogP contribution in [0.4, 0.5) is 0 Å². The lowest BCUT2D eigenvalue weighted by Crippen LogP contribution is -2.29. The highest BCUT2D eigenvalue weighted by atomic mass is 32.2. The number of nitrogens with zero attached hydrogens (tertiary/aromatic N) is 3. The van der Waals surface area contributed by atoms with E-state index in [4.69, 9.17) is 0 Å². The molecule has 1 aromatic heterocycles. The molecule has 0 aliphatic carbocycles. The van der Waals surface area contributed by atoms with Crippen LogP contribution in [-0.2, 0) is 11.8 Å². The molecule has 3 aromatic rings. The van der Waals surface area contributed by atoms with Crippen LogP contribution in [0.3, 0.4) is 0 Å². The Kier molecular flexibility index (Phi) is 7.46. The molecule has 162 valence electrons. The van der Waals surface area contributed by atoms with Crippen molar-refractivity contribution < 1.29 is 9.59 Å². The van der Waals surface area contributed by atoms with Crippen molar-refractivity contribution in [1.82, 2.24) is 25.4 Å². The number of aryl methyl sites for hydroxylation is 1. The number of nitrogens with one attached hydrogen (secondary N) is 2. The van der Waals surface area contributed by atoms with Crippen LogP contribution in [-0.4, -0.2) is 32.3 Å². The van der Waals surface area contributed by atoms with Crippen molar-refractivity contribution in [1.29, 1.82) is 0 Å². The molecule has 0 unspecified atom stereocenters. The van der Waals surface area contributed by atoms with Gasteiger partial charge in [-0.3, -0.25) is 9.59 Å². The number of hydrogen-bond acceptors (Lipinski definition) is 5. The Balaban J connectivity index is 1.55. The van der Waals surface area contributed by atoms with E-state index in [1.807, 2.05) is 70.3 Å². The molecule has 0 aliphatic rings. The van der Waals surface area contributed by atoms with E-state index in [2.05, 4.69) is 20.8 Å². The minimum Gasteiger partial charge on any atom is -0.349 e. The fourth-order valence-electron chi connectivity index (χ4n) is 3.12. The molecule has 8 heteroatoms. The second-order valence-corrected chi connectivity index (χ2v) is 8.39. The van der Waals surface area contributed by atoms with Crippen LogP contribution < -0.4 is 10.6 Å². The van der Waals surface area contributed by atoms with Gasteiger partial charge in [0, 0.05) is 12.6 Å². The van der Waals surface area contributed by atoms with Crippen LogP contribution in [0.1, 0.15) is 53.2 Å². The lowest BCUT2D eigenvalue weighted by atomic mass is 10.1. The predicted octanol–water partition coefficient (Wildman–Crippen LogP) is 3.58. The summed E-state index contributed by atoms with van der Waals surface area (Å²) < 4.78 is 1.80. The largest absolute Gasteiger partial charge is 0.349 e. The fourth-order valence-corrected chi connectivity index (χ4v) is 3.85. The number of hydrogen-bond donors (Lipinski definition) is 2. The van der Waals surface area contributed by atoms with Gasteiger partial charge in [0.25, 0.3) is 5.91 Å². The lowest BCUT2D eigenvalue weighted by Gasteiger charge is -2.15. The molecular formula is C23H27N5O2S. The van der Waals surface area contributed by atoms with Gasteiger partial charge in [-0.25, -0.2) is 0 Å². The summed E-state index contributed by atoms with van der Waals surface area (Å²) in [5.41, 5.74) is 2.75. The van der Waals surface area contributed by atoms with E-state index in [1.54, 1.807) is 16.7 Å². The molecule has 2 N–H and O–H groups in total. The molecule has 1 heterocycles. The monoisotopic (exact) mass is 437 g/mol. The number of rotatable bonds is 8. The van der Waals surface area contributed by atoms with E-state index in [9.17, 15) is 9.59 Å². The van der Waals surface area contributed by atoms with Gasteiger partial charge in [-0.1, -0.05) is 59.8 Å². The van der Waals surface area contributed by atoms with Crippen LogP contribution in [0.2, 0.25) is 0 Å². The molecule has 0 fully saturated rings. The maximum atomic E-state index is 12.5. The third kappa shape index (κ3) is 5.95. The maximum absolute atomic E-state index is 12.5. The second kappa shape index (κ2) is 10.3. The molecule has 0 spiro atoms. The van der Waals surface area contributed by atoms with Crippen LogP contribution >= 0.6 is 11.8 Å². The Hall–Kier alpha value is -3.13. The quantitative estimate of drug-likeness (QED) is 0.526. The van der Waals surface area contributed by atoms with Crippen molar-refractivity contribution in [3.63, 3.8) is 0 Å². The zero-order chi connectivity index (χ0) is 22.4. The highest BCUT2D eigenvalue weighted by molar-refractivity contribution is 7.99. The van der Waals surface area contributed by atoms with E-state index >= 15 is 0 Å². The number of benzene rings is 2. The second-order valence-electron chi connectivity index (χ2n) is 7.45. The summed E-state index contributed by atoms with van der Waals surface area (Å²) in [6.07, 6.45) is 0. The van der Waals surface area contributed by atoms with Crippen molar-refractivity contribution in [2.24, 2.45) is 7.05 Å². The number of carbonyl (C=O) groups is 2. The summed E-state index contributed by atoms with van der Waals surface area (Å²) >= 11 is 1.31. The molecule has 0 radical (unpaired) electrons. The van der Waals surface area contributed by atoms with Gasteiger partial charge in [0.2, 0.25) is 5.91 Å². The zero-order valence-electron chi connectivity index (χ0n) is 18.1. The lowest BCUT2D eigenvalue weighted by molar-refractivity contribution is -0.119. The minimum atomic E-state index is -0.326. The number of carbonyl (C=O) groups excluding carboxylic acids is 2. The summed E-state index contributed by atoms with van der Waals surface area (Å²) in [5, 5.41) is 14.9. The average molecular weight is 438 g/mol. The van der Waals surface area contributed by atoms with Gasteiger partial charge in [0.15, 0.2) is 11.0 Å². The first-order valence-corrected chi connectivity index (χ1v) is 11.1. The molecule has 0 bridgehead atoms. The minimum absolute atomic E-state index is 0.0682. The van der Waals surface area contributed by atoms with Gasteiger partial charge >= 0.3 is 0 Å². The summed E-state index contributed by atoms with van der Waals surface area (Å²) in [4.78, 5) is 24.8. The molecule has 3 rings (SSSR count). The van der Waals surface area contributed by atoms with Crippen LogP contribution in [0.5, 0.6) is 0 Å². The molecule has 2 aromatic carbocycles. The Morgan fingerprint density at radius 3 is 2.32 bits per heavy atom. The normalized spacial score (nSPS) is 12.8. The van der Waals surface area contributed by atoms with E-state index in [0.717, 1.165) is 11.1 Å². The smallest absolute Gasteiger partial charge is 0.251 e. The van der Waals surface area contributed by atoms with Crippen LogP contribution in [0.25, 0.3) is 0 Å². The molecule has 31 heavy (non-hydrogen) atoms. The van der Waals surface area contributed by atoms with Crippen molar-refractivity contribution in [2.75, 3.05) is 5.75 Å². The Labute approximate surface area is 186 Å². The molecular weight excluding hydrogens is 410 g/mol. The molecule has 0 aliphatic heterocycles. The Morgan fingerprint density at radius 1 is 0.968 bits per heavy atom. The van der Waals surface area contributed by atoms with Crippen molar-refractivity contribution in [2.45, 2.75) is 38.0 Å². The third-order valence-electron chi connectivity index (χ3n) is 4.93. The summed E-state index contributed by atoms with van der Waals surface area (Å²) in [5.74, 6) is 0.611. The van der Waals surface area contributed by atoms with Gasteiger partial charge in [0.05, 0.1) is 17.8 Å². The van der Waals surface area contributed by atoms with Gasteiger partial charge in [-0.05, 0) is 38.5 Å². The molecule has 2 atom stereocenters. The summed E-state index contributed by atoms with van der Waals surface area (Å²) in [7, 11) is 1.83. The van der Waals surface area contributed by atoms with E-state index in [1.165, 1.54) is 11.8 Å². The fraction of sp³-hybridized carbons (Fsp3) is 0.304. The zero-order valence-corrected chi connectivity index (χ0v) is 18.9. The van der Waals surface area contributed by atoms with E-state index in [-0.39, 0.29) is 29.7 Å². The highest BCUT2D eigenvalue weighted by Gasteiger charge is 2.19. The van der Waals surface area contributed by atoms with Gasteiger partial charge < -0.3 is 15.2 Å². The number of aromatic nitrogens is 3. The van der Waals surface area contributed by atoms with Crippen LogP contribution in [0, 0.1) is 6.92 Å². The van der Waals surface area contributed by atoms with Crippen LogP contribution in [0.15, 0.2) is 59.8 Å². The Bertz CT molecular complexity index is 1030. The van der Waals surface area contributed by atoms with Gasteiger partial charge in [-0.2, -0.15) is 0 Å².